The predicted molar refractivity (Wildman–Crippen MR) is 328 cm³/mol. The Hall–Kier alpha value is -6.30. The van der Waals surface area contributed by atoms with Crippen molar-refractivity contribution in [1.29, 1.82) is 0 Å². The normalized spacial score (nSPS) is 19.2. The van der Waals surface area contributed by atoms with Gasteiger partial charge in [-0.25, -0.2) is 0 Å². The van der Waals surface area contributed by atoms with Gasteiger partial charge in [0.05, 0.1) is 37.0 Å². The van der Waals surface area contributed by atoms with Crippen LogP contribution < -0.4 is 9.47 Å². The van der Waals surface area contributed by atoms with Gasteiger partial charge in [-0.15, -0.1) is 0 Å². The molecule has 12 nitrogen and oxygen atoms in total. The second-order valence-corrected chi connectivity index (χ2v) is 28.6. The van der Waals surface area contributed by atoms with Gasteiger partial charge in [0, 0.05) is 69.4 Å². The van der Waals surface area contributed by atoms with Gasteiger partial charge in [0.2, 0.25) is 0 Å². The number of ether oxygens (including phenoxy) is 2. The molecule has 2 fully saturated rings. The van der Waals surface area contributed by atoms with Crippen LogP contribution in [0.4, 0.5) is 0 Å². The topological polar surface area (TPSA) is 183 Å². The number of aliphatic imine (C=N–C) groups is 4. The van der Waals surface area contributed by atoms with Crippen LogP contribution in [0.2, 0.25) is 0 Å². The third-order valence-electron chi connectivity index (χ3n) is 15.5. The molecule has 4 N–H and O–H groups in total. The Morgan fingerprint density at radius 3 is 0.863 bits per heavy atom. The molecule has 80 heavy (non-hydrogen) atoms. The zero-order valence-electron chi connectivity index (χ0n) is 51.5. The highest BCUT2D eigenvalue weighted by atomic mass is 16.5. The minimum atomic E-state index is -0.657. The highest BCUT2D eigenvalue weighted by molar-refractivity contribution is 5.89. The molecule has 434 valence electrons. The van der Waals surface area contributed by atoms with E-state index in [9.17, 15) is 30.0 Å². The third-order valence-corrected chi connectivity index (χ3v) is 15.5. The maximum atomic E-state index is 13.5. The van der Waals surface area contributed by atoms with Crippen LogP contribution in [0.15, 0.2) is 68.5 Å². The molecule has 0 saturated heterocycles. The lowest BCUT2D eigenvalue weighted by Gasteiger charge is -2.28. The van der Waals surface area contributed by atoms with Gasteiger partial charge in [-0.3, -0.25) is 29.6 Å². The van der Waals surface area contributed by atoms with Crippen molar-refractivity contribution < 1.29 is 39.5 Å². The lowest BCUT2D eigenvalue weighted by molar-refractivity contribution is -0.140. The summed E-state index contributed by atoms with van der Waals surface area (Å²) in [5.74, 6) is -0.355. The molecule has 0 unspecified atom stereocenters. The number of phenols is 4. The fourth-order valence-corrected chi connectivity index (χ4v) is 10.4. The van der Waals surface area contributed by atoms with Crippen molar-refractivity contribution in [3.63, 3.8) is 0 Å². The minimum absolute atomic E-state index is 0.0350. The van der Waals surface area contributed by atoms with E-state index < -0.39 is 22.8 Å². The molecule has 0 heterocycles. The molecule has 12 heteroatoms. The number of nitrogens with zero attached hydrogens (tertiary/aromatic N) is 4. The number of benzene rings is 4. The van der Waals surface area contributed by atoms with Gasteiger partial charge in [0.25, 0.3) is 0 Å². The average molecular weight is 1100 g/mol. The summed E-state index contributed by atoms with van der Waals surface area (Å²) in [6.45, 7) is 37.3. The molecule has 4 aromatic rings. The summed E-state index contributed by atoms with van der Waals surface area (Å²) in [5.41, 5.74) is 5.40. The van der Waals surface area contributed by atoms with Crippen molar-refractivity contribution >= 4 is 36.8 Å². The number of carbonyl (C=O) groups is 2. The SMILES string of the molecule is CC(C)(C)c1cc(C=N[C@@H]2CCCC[C@H]2N=Cc2cc(OC(=O)CCC(=O)Oc3cc(C=N[C@@H]4CCCC[C@H]4N=Cc4cc(C(C)(C)C)cc(C(C)(C)C)c4O)c(O)c(C(C)(C)C)c3)cc(C(C)(C)C)c2O)c(O)c(C(C)(C)C)c1. The van der Waals surface area contributed by atoms with E-state index in [1.54, 1.807) is 49.1 Å². The van der Waals surface area contributed by atoms with Crippen LogP contribution in [0.1, 0.15) is 244 Å². The fraction of sp³-hybridized carbons (Fsp3) is 0.559. The van der Waals surface area contributed by atoms with Crippen molar-refractivity contribution in [2.45, 2.75) is 245 Å². The Labute approximate surface area is 478 Å². The van der Waals surface area contributed by atoms with E-state index in [1.807, 2.05) is 53.7 Å². The maximum absolute atomic E-state index is 13.5. The van der Waals surface area contributed by atoms with Gasteiger partial charge in [0.15, 0.2) is 0 Å². The summed E-state index contributed by atoms with van der Waals surface area (Å²) in [6, 6.07) is 14.1. The van der Waals surface area contributed by atoms with Crippen LogP contribution in [0.5, 0.6) is 34.5 Å². The molecular weight excluding hydrogens is 1000 g/mol. The molecule has 0 aromatic heterocycles. The third kappa shape index (κ3) is 16.2. The first-order valence-electron chi connectivity index (χ1n) is 29.0. The molecule has 2 saturated carbocycles. The van der Waals surface area contributed by atoms with Gasteiger partial charge >= 0.3 is 11.9 Å². The van der Waals surface area contributed by atoms with E-state index in [2.05, 4.69) is 95.2 Å². The highest BCUT2D eigenvalue weighted by Crippen LogP contribution is 2.42. The minimum Gasteiger partial charge on any atom is -0.507 e. The standard InChI is InChI=1S/C68H94N4O8/c1-63(2,3)45-29-41(59(75)49(33-45)65(7,8)9)37-69-53-23-19-21-25-55(53)71-39-43-31-47(35-51(61(43)77)67(13,14)15)79-57(73)27-28-58(74)80-48-32-44(62(78)52(36-48)68(16,17)18)40-72-56-26-22-20-24-54(56)70-38-42-30-46(64(4,5)6)34-50(60(42)76)66(10,11)12/h29-40,53-56,75-78H,19-28H2,1-18H3/t53-,54-,55-,56-/m1/s1. The summed E-state index contributed by atoms with van der Waals surface area (Å²) in [4.78, 5) is 47.1. The molecular formula is C68H94N4O8. The summed E-state index contributed by atoms with van der Waals surface area (Å²) in [6.07, 6.45) is 13.5. The van der Waals surface area contributed by atoms with Crippen molar-refractivity contribution in [1.82, 2.24) is 0 Å². The van der Waals surface area contributed by atoms with E-state index in [0.29, 0.717) is 33.4 Å². The number of esters is 2. The van der Waals surface area contributed by atoms with E-state index in [1.165, 1.54) is 0 Å². The van der Waals surface area contributed by atoms with E-state index >= 15 is 0 Å². The Balaban J connectivity index is 1.17. The molecule has 0 aliphatic heterocycles. The zero-order chi connectivity index (χ0) is 59.5. The molecule has 6 rings (SSSR count). The van der Waals surface area contributed by atoms with E-state index in [0.717, 1.165) is 73.6 Å². The predicted octanol–water partition coefficient (Wildman–Crippen LogP) is 15.3. The van der Waals surface area contributed by atoms with Crippen molar-refractivity contribution in [3.05, 3.63) is 104 Å². The first-order chi connectivity index (χ1) is 36.9. The molecule has 2 aliphatic rings. The highest BCUT2D eigenvalue weighted by Gasteiger charge is 2.31. The van der Waals surface area contributed by atoms with Crippen LogP contribution in [-0.2, 0) is 42.1 Å². The first kappa shape index (κ1) is 62.9. The smallest absolute Gasteiger partial charge is 0.311 e. The Kier molecular flexibility index (Phi) is 19.2. The molecule has 0 amide bonds. The van der Waals surface area contributed by atoms with Crippen LogP contribution in [-0.4, -0.2) is 81.4 Å². The monoisotopic (exact) mass is 1090 g/mol. The van der Waals surface area contributed by atoms with Gasteiger partial charge in [-0.1, -0.05) is 162 Å². The fourth-order valence-electron chi connectivity index (χ4n) is 10.4. The number of hydrogen-bond acceptors (Lipinski definition) is 12. The number of hydrogen-bond donors (Lipinski definition) is 4. The Bertz CT molecular complexity index is 2810. The summed E-state index contributed by atoms with van der Waals surface area (Å²) >= 11 is 0. The Morgan fingerprint density at radius 1 is 0.388 bits per heavy atom. The molecule has 0 spiro atoms. The number of phenolic OH excluding ortho intramolecular Hbond substituents is 4. The second kappa shape index (κ2) is 24.4. The van der Waals surface area contributed by atoms with Crippen LogP contribution in [0.25, 0.3) is 0 Å². The molecule has 0 radical (unpaired) electrons. The van der Waals surface area contributed by atoms with Gasteiger partial charge in [-0.2, -0.15) is 0 Å². The quantitative estimate of drug-likeness (QED) is 0.0579. The lowest BCUT2D eigenvalue weighted by atomic mass is 9.79. The lowest BCUT2D eigenvalue weighted by Crippen LogP contribution is -2.27. The Morgan fingerprint density at radius 2 is 0.625 bits per heavy atom. The second-order valence-electron chi connectivity index (χ2n) is 28.6. The average Bonchev–Trinajstić information content (AvgIpc) is 3.48. The number of aromatic hydroxyl groups is 4. The van der Waals surface area contributed by atoms with E-state index in [-0.39, 0.29) is 93.2 Å². The van der Waals surface area contributed by atoms with Crippen LogP contribution in [0, 0.1) is 0 Å². The molecule has 4 atom stereocenters. The van der Waals surface area contributed by atoms with E-state index in [4.69, 9.17) is 29.4 Å². The van der Waals surface area contributed by atoms with Crippen molar-refractivity contribution in [2.24, 2.45) is 20.0 Å². The van der Waals surface area contributed by atoms with Crippen molar-refractivity contribution in [3.8, 4) is 34.5 Å². The van der Waals surface area contributed by atoms with Gasteiger partial charge in [-0.05, 0) is 106 Å². The van der Waals surface area contributed by atoms with Gasteiger partial charge < -0.3 is 29.9 Å². The first-order valence-corrected chi connectivity index (χ1v) is 29.0. The van der Waals surface area contributed by atoms with Crippen LogP contribution in [0.3, 0.4) is 0 Å². The molecule has 0 bridgehead atoms. The summed E-state index contributed by atoms with van der Waals surface area (Å²) in [5, 5.41) is 46.1. The maximum Gasteiger partial charge on any atom is 0.311 e. The van der Waals surface area contributed by atoms with Crippen molar-refractivity contribution in [2.75, 3.05) is 0 Å². The summed E-state index contributed by atoms with van der Waals surface area (Å²) < 4.78 is 11.7. The molecule has 2 aliphatic carbocycles. The number of carbonyl (C=O) groups excluding carboxylic acids is 2. The van der Waals surface area contributed by atoms with Gasteiger partial charge in [0.1, 0.15) is 34.5 Å². The summed E-state index contributed by atoms with van der Waals surface area (Å²) in [7, 11) is 0. The number of rotatable bonds is 13. The molecule has 4 aromatic carbocycles. The largest absolute Gasteiger partial charge is 0.507 e. The zero-order valence-corrected chi connectivity index (χ0v) is 51.5. The van der Waals surface area contributed by atoms with Crippen LogP contribution >= 0.6 is 0 Å².